The smallest absolute Gasteiger partial charge is 0.243 e. The van der Waals surface area contributed by atoms with Gasteiger partial charge in [-0.15, -0.1) is 0 Å². The molecule has 1 amide bonds. The number of benzene rings is 1. The summed E-state index contributed by atoms with van der Waals surface area (Å²) in [7, 11) is 0. The van der Waals surface area contributed by atoms with Crippen LogP contribution in [0.5, 0.6) is 0 Å². The minimum atomic E-state index is -0.514. The number of carbonyl (C=O) groups is 3. The summed E-state index contributed by atoms with van der Waals surface area (Å²) < 4.78 is 8.15. The lowest BCUT2D eigenvalue weighted by molar-refractivity contribution is -0.140. The Hall–Kier alpha value is -2.47. The van der Waals surface area contributed by atoms with Gasteiger partial charge in [-0.25, -0.2) is 0 Å². The molecule has 0 spiro atoms. The Morgan fingerprint density at radius 2 is 1.81 bits per heavy atom. The van der Waals surface area contributed by atoms with Crippen LogP contribution in [0.3, 0.4) is 0 Å². The molecule has 1 saturated heterocycles. The van der Waals surface area contributed by atoms with Gasteiger partial charge in [-0.05, 0) is 62.1 Å². The monoisotopic (exact) mass is 508 g/mol. The third-order valence-electron chi connectivity index (χ3n) is 7.95. The number of ether oxygens (including phenoxy) is 1. The summed E-state index contributed by atoms with van der Waals surface area (Å²) in [4.78, 5) is 41.1. The highest BCUT2D eigenvalue weighted by Gasteiger charge is 2.41. The van der Waals surface area contributed by atoms with Crippen molar-refractivity contribution in [3.8, 4) is 0 Å². The minimum absolute atomic E-state index is 0.0136. The van der Waals surface area contributed by atoms with E-state index in [0.717, 1.165) is 43.0 Å². The molecule has 1 aromatic carbocycles. The molecule has 1 aromatic heterocycles. The molecule has 6 heteroatoms. The molecule has 3 heterocycles. The number of ketones is 2. The quantitative estimate of drug-likeness (QED) is 0.471. The van der Waals surface area contributed by atoms with Gasteiger partial charge in [0.1, 0.15) is 12.6 Å². The van der Waals surface area contributed by atoms with Crippen molar-refractivity contribution in [3.05, 3.63) is 35.0 Å². The first kappa shape index (κ1) is 27.6. The first-order valence-corrected chi connectivity index (χ1v) is 14.4. The lowest BCUT2D eigenvalue weighted by Gasteiger charge is -2.27. The van der Waals surface area contributed by atoms with Gasteiger partial charge < -0.3 is 14.2 Å². The summed E-state index contributed by atoms with van der Waals surface area (Å²) in [5.41, 5.74) is 4.15. The molecule has 0 aliphatic carbocycles. The SMILES string of the molecule is CCC(=O)[C@@H]1[C@H]2CCN1C(=O)Cn1cc(C(C)=O)c3cc(CC(C)C)cc(c31)CCCCCCCCO2. The van der Waals surface area contributed by atoms with Gasteiger partial charge in [0.05, 0.1) is 11.6 Å². The molecule has 2 atom stereocenters. The summed E-state index contributed by atoms with van der Waals surface area (Å²) in [6.45, 7) is 9.19. The largest absolute Gasteiger partial charge is 0.376 e. The number of rotatable bonds is 5. The molecule has 37 heavy (non-hydrogen) atoms. The van der Waals surface area contributed by atoms with E-state index in [1.54, 1.807) is 11.8 Å². The van der Waals surface area contributed by atoms with Crippen LogP contribution in [0.15, 0.2) is 18.3 Å². The van der Waals surface area contributed by atoms with E-state index >= 15 is 0 Å². The number of hydrogen-bond donors (Lipinski definition) is 0. The zero-order valence-electron chi connectivity index (χ0n) is 23.2. The molecule has 2 aliphatic rings. The van der Waals surface area contributed by atoms with E-state index in [2.05, 4.69) is 26.0 Å². The van der Waals surface area contributed by atoms with Crippen LogP contribution in [-0.4, -0.2) is 52.2 Å². The van der Waals surface area contributed by atoms with Crippen molar-refractivity contribution >= 4 is 28.4 Å². The Morgan fingerprint density at radius 1 is 1.08 bits per heavy atom. The second-order valence-electron chi connectivity index (χ2n) is 11.4. The molecule has 0 unspecified atom stereocenters. The van der Waals surface area contributed by atoms with E-state index in [9.17, 15) is 14.4 Å². The van der Waals surface area contributed by atoms with Crippen LogP contribution >= 0.6 is 0 Å². The molecule has 0 saturated carbocycles. The lowest BCUT2D eigenvalue weighted by Crippen LogP contribution is -2.46. The van der Waals surface area contributed by atoms with Crippen molar-refractivity contribution in [2.45, 2.75) is 111 Å². The lowest BCUT2D eigenvalue weighted by atomic mass is 9.94. The van der Waals surface area contributed by atoms with Crippen molar-refractivity contribution in [2.75, 3.05) is 13.2 Å². The summed E-state index contributed by atoms with van der Waals surface area (Å²) in [6.07, 6.45) is 11.4. The van der Waals surface area contributed by atoms with Gasteiger partial charge in [0.25, 0.3) is 0 Å². The molecule has 4 rings (SSSR count). The highest BCUT2D eigenvalue weighted by molar-refractivity contribution is 6.08. The fourth-order valence-corrected chi connectivity index (χ4v) is 6.18. The molecule has 1 fully saturated rings. The molecule has 2 bridgehead atoms. The second-order valence-corrected chi connectivity index (χ2v) is 11.4. The van der Waals surface area contributed by atoms with Crippen molar-refractivity contribution in [1.82, 2.24) is 9.47 Å². The van der Waals surface area contributed by atoms with E-state index in [0.29, 0.717) is 37.5 Å². The number of hydrogen-bond acceptors (Lipinski definition) is 4. The van der Waals surface area contributed by atoms with Crippen LogP contribution in [0.4, 0.5) is 0 Å². The standard InChI is InChI=1S/C31H44N2O4/c1-5-27(35)31-28-13-14-33(31)29(36)20-32-19-26(22(4)34)25-18-23(16-21(2)3)17-24(30(25)32)12-10-8-6-7-9-11-15-37-28/h17-19,21,28,31H,5-16,20H2,1-4H3/t28-,31-/m1/s1. The molecule has 2 aliphatic heterocycles. The first-order chi connectivity index (χ1) is 17.8. The van der Waals surface area contributed by atoms with Crippen LogP contribution in [0.2, 0.25) is 0 Å². The van der Waals surface area contributed by atoms with Crippen molar-refractivity contribution in [1.29, 1.82) is 0 Å². The van der Waals surface area contributed by atoms with Crippen LogP contribution < -0.4 is 0 Å². The number of fused-ring (bicyclic) bond motifs is 2. The van der Waals surface area contributed by atoms with Crippen LogP contribution in [-0.2, 0) is 33.7 Å². The fraction of sp³-hybridized carbons (Fsp3) is 0.645. The van der Waals surface area contributed by atoms with Gasteiger partial charge in [-0.1, -0.05) is 52.5 Å². The Balaban J connectivity index is 1.77. The van der Waals surface area contributed by atoms with E-state index in [-0.39, 0.29) is 30.1 Å². The Morgan fingerprint density at radius 3 is 2.51 bits per heavy atom. The number of Topliss-reactive ketones (excluding diaryl/α,β-unsaturated/α-hetero) is 2. The Bertz CT molecular complexity index is 1130. The minimum Gasteiger partial charge on any atom is -0.376 e. The second kappa shape index (κ2) is 12.4. The normalized spacial score (nSPS) is 22.0. The van der Waals surface area contributed by atoms with Crippen LogP contribution in [0.1, 0.15) is 101 Å². The van der Waals surface area contributed by atoms with Crippen molar-refractivity contribution in [2.24, 2.45) is 5.92 Å². The maximum atomic E-state index is 13.7. The number of amides is 1. The van der Waals surface area contributed by atoms with E-state index in [1.807, 2.05) is 17.7 Å². The zero-order valence-corrected chi connectivity index (χ0v) is 23.2. The van der Waals surface area contributed by atoms with Crippen molar-refractivity contribution in [3.63, 3.8) is 0 Å². The van der Waals surface area contributed by atoms with Gasteiger partial charge in [0.15, 0.2) is 11.6 Å². The summed E-state index contributed by atoms with van der Waals surface area (Å²) >= 11 is 0. The number of carbonyl (C=O) groups excluding carboxylic acids is 3. The Labute approximate surface area is 221 Å². The first-order valence-electron chi connectivity index (χ1n) is 14.4. The van der Waals surface area contributed by atoms with Gasteiger partial charge in [0.2, 0.25) is 5.91 Å². The van der Waals surface area contributed by atoms with E-state index in [4.69, 9.17) is 4.74 Å². The number of nitrogens with zero attached hydrogens (tertiary/aromatic N) is 2. The van der Waals surface area contributed by atoms with Crippen LogP contribution in [0.25, 0.3) is 10.9 Å². The van der Waals surface area contributed by atoms with Crippen molar-refractivity contribution < 1.29 is 19.1 Å². The summed E-state index contributed by atoms with van der Waals surface area (Å²) in [6, 6.07) is 3.94. The van der Waals surface area contributed by atoms with E-state index < -0.39 is 6.04 Å². The summed E-state index contributed by atoms with van der Waals surface area (Å²) in [5, 5.41) is 0.954. The maximum Gasteiger partial charge on any atom is 0.243 e. The molecular weight excluding hydrogens is 464 g/mol. The predicted molar refractivity (Wildman–Crippen MR) is 147 cm³/mol. The topological polar surface area (TPSA) is 68.6 Å². The Kier molecular flexibility index (Phi) is 9.22. The molecular formula is C31H44N2O4. The molecule has 2 aromatic rings. The summed E-state index contributed by atoms with van der Waals surface area (Å²) in [5.74, 6) is 0.517. The molecule has 0 N–H and O–H groups in total. The third-order valence-corrected chi connectivity index (χ3v) is 7.95. The molecule has 6 nitrogen and oxygen atoms in total. The van der Waals surface area contributed by atoms with Gasteiger partial charge in [-0.2, -0.15) is 0 Å². The zero-order chi connectivity index (χ0) is 26.5. The molecule has 202 valence electrons. The predicted octanol–water partition coefficient (Wildman–Crippen LogP) is 5.90. The highest BCUT2D eigenvalue weighted by atomic mass is 16.5. The average Bonchev–Trinajstić information content (AvgIpc) is 3.43. The van der Waals surface area contributed by atoms with Gasteiger partial charge >= 0.3 is 0 Å². The average molecular weight is 509 g/mol. The van der Waals surface area contributed by atoms with E-state index in [1.165, 1.54) is 30.4 Å². The third kappa shape index (κ3) is 6.34. The van der Waals surface area contributed by atoms with Crippen LogP contribution in [0, 0.1) is 5.92 Å². The van der Waals surface area contributed by atoms with Gasteiger partial charge in [-0.3, -0.25) is 14.4 Å². The van der Waals surface area contributed by atoms with Gasteiger partial charge in [0, 0.05) is 36.7 Å². The number of aryl methyl sites for hydroxylation is 1. The fourth-order valence-electron chi connectivity index (χ4n) is 6.18. The maximum absolute atomic E-state index is 13.7. The number of aromatic nitrogens is 1. The highest BCUT2D eigenvalue weighted by Crippen LogP contribution is 2.31. The molecule has 0 radical (unpaired) electrons.